The van der Waals surface area contributed by atoms with Crippen LogP contribution in [0.1, 0.15) is 35.0 Å². The Hall–Kier alpha value is -3.00. The van der Waals surface area contributed by atoms with Gasteiger partial charge in [-0.05, 0) is 29.1 Å². The second-order valence-electron chi connectivity index (χ2n) is 5.80. The normalized spacial score (nSPS) is 11.4. The van der Waals surface area contributed by atoms with E-state index < -0.39 is 23.9 Å². The van der Waals surface area contributed by atoms with Crippen molar-refractivity contribution in [2.24, 2.45) is 0 Å². The Morgan fingerprint density at radius 3 is 2.37 bits per heavy atom. The fraction of sp³-hybridized carbons (Fsp3) is 0.263. The lowest BCUT2D eigenvalue weighted by molar-refractivity contribution is -0.141. The molecule has 1 atom stereocenters. The average Bonchev–Trinajstić information content (AvgIpc) is 3.15. The maximum atomic E-state index is 12.0. The first-order chi connectivity index (χ1) is 12.8. The number of ketones is 1. The monoisotopic (exact) mass is 389 g/mol. The highest BCUT2D eigenvalue weighted by atomic mass is 32.1. The molecule has 2 N–H and O–H groups in total. The van der Waals surface area contributed by atoms with E-state index >= 15 is 0 Å². The van der Waals surface area contributed by atoms with Crippen molar-refractivity contribution in [2.75, 3.05) is 0 Å². The molecular formula is C19H19NO6S. The fourth-order valence-corrected chi connectivity index (χ4v) is 3.04. The Labute approximate surface area is 160 Å². The van der Waals surface area contributed by atoms with Crippen LogP contribution < -0.4 is 10.1 Å². The number of Topliss-reactive ketones (excluding diaryl/α,β-unsaturated/α-hetero) is 1. The summed E-state index contributed by atoms with van der Waals surface area (Å²) in [5, 5.41) is 13.6. The molecule has 27 heavy (non-hydrogen) atoms. The summed E-state index contributed by atoms with van der Waals surface area (Å²) in [6.45, 7) is 1.28. The molecule has 142 valence electrons. The summed E-state index contributed by atoms with van der Waals surface area (Å²) < 4.78 is 4.92. The summed E-state index contributed by atoms with van der Waals surface area (Å²) in [5.74, 6) is -1.90. The highest BCUT2D eigenvalue weighted by molar-refractivity contribution is 7.12. The summed E-state index contributed by atoms with van der Waals surface area (Å²) in [5.41, 5.74) is 0.660. The standard InChI is InChI=1S/C19H19NO6S/c1-12(21)26-14-6-4-13(5-7-14)11-15(19(24)25)20-18(23)9-8-16(22)17-3-2-10-27-17/h2-7,10,15H,8-9,11H2,1H3,(H,20,23)(H,24,25). The number of ether oxygens (including phenoxy) is 1. The van der Waals surface area contributed by atoms with Crippen LogP contribution in [0.2, 0.25) is 0 Å². The Morgan fingerprint density at radius 2 is 1.81 bits per heavy atom. The maximum Gasteiger partial charge on any atom is 0.326 e. The molecule has 1 unspecified atom stereocenters. The molecule has 2 aromatic rings. The largest absolute Gasteiger partial charge is 0.480 e. The number of amides is 1. The number of carboxylic acid groups (broad SMARTS) is 1. The first kappa shape index (κ1) is 20.3. The number of carbonyl (C=O) groups is 4. The summed E-state index contributed by atoms with van der Waals surface area (Å²) in [6.07, 6.45) is 0.0158. The van der Waals surface area contributed by atoms with Crippen LogP contribution in [-0.2, 0) is 20.8 Å². The molecule has 2 rings (SSSR count). The molecular weight excluding hydrogens is 370 g/mol. The number of thiophene rings is 1. The van der Waals surface area contributed by atoms with Crippen LogP contribution in [0.4, 0.5) is 0 Å². The zero-order valence-corrected chi connectivity index (χ0v) is 15.5. The highest BCUT2D eigenvalue weighted by Gasteiger charge is 2.21. The predicted octanol–water partition coefficient (Wildman–Crippen LogP) is 2.45. The molecule has 0 aliphatic heterocycles. The molecule has 0 bridgehead atoms. The van der Waals surface area contributed by atoms with Crippen LogP contribution in [0.5, 0.6) is 5.75 Å². The Morgan fingerprint density at radius 1 is 1.11 bits per heavy atom. The first-order valence-electron chi connectivity index (χ1n) is 8.21. The van der Waals surface area contributed by atoms with Gasteiger partial charge in [0.15, 0.2) is 5.78 Å². The van der Waals surface area contributed by atoms with E-state index in [4.69, 9.17) is 4.74 Å². The van der Waals surface area contributed by atoms with Gasteiger partial charge in [-0.1, -0.05) is 18.2 Å². The number of rotatable bonds is 9. The van der Waals surface area contributed by atoms with Gasteiger partial charge in [-0.15, -0.1) is 11.3 Å². The van der Waals surface area contributed by atoms with Crippen LogP contribution in [0, 0.1) is 0 Å². The third-order valence-corrected chi connectivity index (χ3v) is 4.54. The third-order valence-electron chi connectivity index (χ3n) is 3.63. The van der Waals surface area contributed by atoms with Gasteiger partial charge in [-0.2, -0.15) is 0 Å². The average molecular weight is 389 g/mol. The van der Waals surface area contributed by atoms with Crippen LogP contribution in [-0.4, -0.2) is 34.8 Å². The van der Waals surface area contributed by atoms with E-state index in [1.54, 1.807) is 41.8 Å². The smallest absolute Gasteiger partial charge is 0.326 e. The summed E-state index contributed by atoms with van der Waals surface area (Å²) in [7, 11) is 0. The van der Waals surface area contributed by atoms with Crippen molar-refractivity contribution in [3.05, 3.63) is 52.2 Å². The van der Waals surface area contributed by atoms with Crippen molar-refractivity contribution in [1.29, 1.82) is 0 Å². The molecule has 1 aromatic carbocycles. The number of hydrogen-bond donors (Lipinski definition) is 2. The number of carboxylic acids is 1. The topological polar surface area (TPSA) is 110 Å². The van der Waals surface area contributed by atoms with Crippen LogP contribution in [0.15, 0.2) is 41.8 Å². The maximum absolute atomic E-state index is 12.0. The van der Waals surface area contributed by atoms with E-state index in [1.165, 1.54) is 18.3 Å². The third kappa shape index (κ3) is 6.67. The van der Waals surface area contributed by atoms with Gasteiger partial charge in [0.1, 0.15) is 11.8 Å². The lowest BCUT2D eigenvalue weighted by Gasteiger charge is -2.15. The summed E-state index contributed by atoms with van der Waals surface area (Å²) >= 11 is 1.30. The van der Waals surface area contributed by atoms with Crippen molar-refractivity contribution < 1.29 is 29.0 Å². The Bertz CT molecular complexity index is 813. The summed E-state index contributed by atoms with van der Waals surface area (Å²) in [4.78, 5) is 46.8. The SMILES string of the molecule is CC(=O)Oc1ccc(CC(NC(=O)CCC(=O)c2cccs2)C(=O)O)cc1. The lowest BCUT2D eigenvalue weighted by Crippen LogP contribution is -2.42. The van der Waals surface area contributed by atoms with Gasteiger partial charge < -0.3 is 15.2 Å². The van der Waals surface area contributed by atoms with Crippen LogP contribution >= 0.6 is 11.3 Å². The molecule has 1 aromatic heterocycles. The molecule has 8 heteroatoms. The zero-order chi connectivity index (χ0) is 19.8. The second-order valence-corrected chi connectivity index (χ2v) is 6.75. The lowest BCUT2D eigenvalue weighted by atomic mass is 10.1. The molecule has 0 fully saturated rings. The number of esters is 1. The molecule has 0 saturated heterocycles. The van der Waals surface area contributed by atoms with Crippen molar-refractivity contribution >= 4 is 35.0 Å². The van der Waals surface area contributed by atoms with Crippen molar-refractivity contribution in [1.82, 2.24) is 5.32 Å². The van der Waals surface area contributed by atoms with Gasteiger partial charge in [-0.25, -0.2) is 4.79 Å². The van der Waals surface area contributed by atoms with E-state index in [0.29, 0.717) is 16.2 Å². The summed E-state index contributed by atoms with van der Waals surface area (Å²) in [6, 6.07) is 8.68. The Kier molecular flexibility index (Phi) is 7.25. The van der Waals surface area contributed by atoms with Crippen molar-refractivity contribution in [2.45, 2.75) is 32.2 Å². The Balaban J connectivity index is 1.88. The van der Waals surface area contributed by atoms with Gasteiger partial charge in [-0.3, -0.25) is 14.4 Å². The molecule has 7 nitrogen and oxygen atoms in total. The number of benzene rings is 1. The van der Waals surface area contributed by atoms with E-state index in [9.17, 15) is 24.3 Å². The van der Waals surface area contributed by atoms with Crippen molar-refractivity contribution in [3.8, 4) is 5.75 Å². The van der Waals surface area contributed by atoms with Gasteiger partial charge in [0.05, 0.1) is 4.88 Å². The highest BCUT2D eigenvalue weighted by Crippen LogP contribution is 2.15. The molecule has 1 amide bonds. The minimum atomic E-state index is -1.17. The molecule has 1 heterocycles. The van der Waals surface area contributed by atoms with Crippen molar-refractivity contribution in [3.63, 3.8) is 0 Å². The minimum Gasteiger partial charge on any atom is -0.480 e. The second kappa shape index (κ2) is 9.63. The first-order valence-corrected chi connectivity index (χ1v) is 9.09. The molecule has 0 aliphatic carbocycles. The molecule has 0 saturated carbocycles. The number of carbonyl (C=O) groups excluding carboxylic acids is 3. The van der Waals surface area contributed by atoms with Gasteiger partial charge in [0, 0.05) is 26.2 Å². The van der Waals surface area contributed by atoms with E-state index in [0.717, 1.165) is 0 Å². The van der Waals surface area contributed by atoms with Gasteiger partial charge in [0.25, 0.3) is 0 Å². The quantitative estimate of drug-likeness (QED) is 0.387. The zero-order valence-electron chi connectivity index (χ0n) is 14.6. The number of aliphatic carboxylic acids is 1. The number of hydrogen-bond acceptors (Lipinski definition) is 6. The minimum absolute atomic E-state index is 0.0236. The molecule has 0 radical (unpaired) electrons. The van der Waals surface area contributed by atoms with Crippen LogP contribution in [0.3, 0.4) is 0 Å². The van der Waals surface area contributed by atoms with E-state index in [-0.39, 0.29) is 25.0 Å². The fourth-order valence-electron chi connectivity index (χ4n) is 2.35. The van der Waals surface area contributed by atoms with Gasteiger partial charge >= 0.3 is 11.9 Å². The van der Waals surface area contributed by atoms with E-state index in [1.807, 2.05) is 0 Å². The van der Waals surface area contributed by atoms with E-state index in [2.05, 4.69) is 5.32 Å². The molecule has 0 aliphatic rings. The van der Waals surface area contributed by atoms with Crippen LogP contribution in [0.25, 0.3) is 0 Å². The predicted molar refractivity (Wildman–Crippen MR) is 98.9 cm³/mol. The van der Waals surface area contributed by atoms with Gasteiger partial charge in [0.2, 0.25) is 5.91 Å². The number of nitrogens with one attached hydrogen (secondary N) is 1. The molecule has 0 spiro atoms.